The van der Waals surface area contributed by atoms with Gasteiger partial charge in [-0.15, -0.1) is 0 Å². The molecule has 0 aliphatic carbocycles. The van der Waals surface area contributed by atoms with Crippen molar-refractivity contribution in [1.82, 2.24) is 5.32 Å². The Balaban J connectivity index is 2.58. The summed E-state index contributed by atoms with van der Waals surface area (Å²) in [5.41, 5.74) is 0.398. The summed E-state index contributed by atoms with van der Waals surface area (Å²) < 4.78 is 0.700. The number of aliphatic hydroxyl groups excluding tert-OH is 1. The number of amides is 1. The summed E-state index contributed by atoms with van der Waals surface area (Å²) in [6.45, 7) is 4.28. The topological polar surface area (TPSA) is 69.6 Å². The number of phenolic OH excluding ortho intramolecular Hbond substituents is 1. The van der Waals surface area contributed by atoms with Crippen LogP contribution in [0.5, 0.6) is 5.75 Å². The van der Waals surface area contributed by atoms with Crippen molar-refractivity contribution in [3.8, 4) is 5.75 Å². The van der Waals surface area contributed by atoms with Crippen molar-refractivity contribution >= 4 is 28.5 Å². The predicted octanol–water partition coefficient (Wildman–Crippen LogP) is 2.52. The van der Waals surface area contributed by atoms with Crippen LogP contribution >= 0.6 is 22.6 Å². The zero-order valence-corrected chi connectivity index (χ0v) is 13.3. The van der Waals surface area contributed by atoms with E-state index in [9.17, 15) is 15.0 Å². The zero-order valence-electron chi connectivity index (χ0n) is 11.2. The lowest BCUT2D eigenvalue weighted by Crippen LogP contribution is -2.36. The number of hydrogen-bond acceptors (Lipinski definition) is 3. The van der Waals surface area contributed by atoms with E-state index in [1.165, 1.54) is 6.07 Å². The van der Waals surface area contributed by atoms with Crippen molar-refractivity contribution in [1.29, 1.82) is 0 Å². The van der Waals surface area contributed by atoms with Gasteiger partial charge in [0.25, 0.3) is 5.91 Å². The van der Waals surface area contributed by atoms with Gasteiger partial charge in [-0.3, -0.25) is 4.79 Å². The molecule has 0 saturated carbocycles. The molecule has 0 saturated heterocycles. The number of aromatic hydroxyl groups is 1. The van der Waals surface area contributed by atoms with Crippen LogP contribution in [0.2, 0.25) is 0 Å². The van der Waals surface area contributed by atoms with Gasteiger partial charge in [-0.1, -0.05) is 26.7 Å². The molecule has 0 radical (unpaired) electrons. The van der Waals surface area contributed by atoms with Gasteiger partial charge in [-0.2, -0.15) is 0 Å². The molecule has 1 rings (SSSR count). The van der Waals surface area contributed by atoms with Crippen molar-refractivity contribution in [3.63, 3.8) is 0 Å². The molecule has 0 fully saturated rings. The van der Waals surface area contributed by atoms with Crippen molar-refractivity contribution < 1.29 is 15.0 Å². The molecule has 5 heteroatoms. The Hall–Kier alpha value is -0.820. The molecule has 0 bridgehead atoms. The maximum atomic E-state index is 11.9. The molecule has 1 amide bonds. The van der Waals surface area contributed by atoms with Crippen LogP contribution in [0.15, 0.2) is 18.2 Å². The second kappa shape index (κ2) is 7.69. The second-order valence-electron chi connectivity index (χ2n) is 4.52. The molecule has 1 aromatic rings. The van der Waals surface area contributed by atoms with E-state index in [1.54, 1.807) is 12.1 Å². The van der Waals surface area contributed by atoms with Gasteiger partial charge in [0.2, 0.25) is 0 Å². The van der Waals surface area contributed by atoms with Gasteiger partial charge in [0, 0.05) is 12.1 Å². The number of phenols is 1. The third-order valence-electron chi connectivity index (χ3n) is 3.27. The Morgan fingerprint density at radius 1 is 1.37 bits per heavy atom. The lowest BCUT2D eigenvalue weighted by Gasteiger charge is -2.20. The highest BCUT2D eigenvalue weighted by Crippen LogP contribution is 2.20. The first-order valence-electron chi connectivity index (χ1n) is 6.44. The highest BCUT2D eigenvalue weighted by Gasteiger charge is 2.17. The Labute approximate surface area is 127 Å². The van der Waals surface area contributed by atoms with Crippen molar-refractivity contribution in [2.45, 2.75) is 32.8 Å². The number of carbonyl (C=O) groups is 1. The largest absolute Gasteiger partial charge is 0.507 e. The first kappa shape index (κ1) is 16.2. The molecule has 0 heterocycles. The van der Waals surface area contributed by atoms with Crippen molar-refractivity contribution in [3.05, 3.63) is 27.3 Å². The SMILES string of the molecule is CCC(CC)C(O)CNC(=O)c1ccc(I)c(O)c1. The Bertz CT molecular complexity index is 433. The summed E-state index contributed by atoms with van der Waals surface area (Å²) in [5.74, 6) is 0.0101. The zero-order chi connectivity index (χ0) is 14.4. The Kier molecular flexibility index (Phi) is 6.57. The number of benzene rings is 1. The van der Waals surface area contributed by atoms with E-state index in [2.05, 4.69) is 5.32 Å². The fourth-order valence-corrected chi connectivity index (χ4v) is 2.29. The van der Waals surface area contributed by atoms with Gasteiger partial charge in [0.15, 0.2) is 0 Å². The standard InChI is InChI=1S/C14H20INO3/c1-3-9(4-2)13(18)8-16-14(19)10-5-6-11(15)12(17)7-10/h5-7,9,13,17-18H,3-4,8H2,1-2H3,(H,16,19). The van der Waals surface area contributed by atoms with Gasteiger partial charge in [0.1, 0.15) is 5.75 Å². The third-order valence-corrected chi connectivity index (χ3v) is 4.19. The van der Waals surface area contributed by atoms with E-state index >= 15 is 0 Å². The van der Waals surface area contributed by atoms with Crippen LogP contribution in [0, 0.1) is 9.49 Å². The van der Waals surface area contributed by atoms with Crippen LogP contribution in [0.1, 0.15) is 37.0 Å². The van der Waals surface area contributed by atoms with E-state index in [0.717, 1.165) is 12.8 Å². The molecule has 4 nitrogen and oxygen atoms in total. The summed E-state index contributed by atoms with van der Waals surface area (Å²) in [6.07, 6.45) is 1.24. The highest BCUT2D eigenvalue weighted by atomic mass is 127. The molecule has 106 valence electrons. The summed E-state index contributed by atoms with van der Waals surface area (Å²) >= 11 is 1.99. The second-order valence-corrected chi connectivity index (χ2v) is 5.68. The van der Waals surface area contributed by atoms with Gasteiger partial charge < -0.3 is 15.5 Å². The van der Waals surface area contributed by atoms with Crippen molar-refractivity contribution in [2.24, 2.45) is 5.92 Å². The molecule has 0 spiro atoms. The summed E-state index contributed by atoms with van der Waals surface area (Å²) in [6, 6.07) is 4.77. The molecule has 19 heavy (non-hydrogen) atoms. The number of halogens is 1. The minimum Gasteiger partial charge on any atom is -0.507 e. The Morgan fingerprint density at radius 3 is 2.53 bits per heavy atom. The van der Waals surface area contributed by atoms with E-state index in [0.29, 0.717) is 9.13 Å². The molecule has 1 aromatic carbocycles. The lowest BCUT2D eigenvalue weighted by atomic mass is 9.96. The number of nitrogens with one attached hydrogen (secondary N) is 1. The molecule has 0 aromatic heterocycles. The van der Waals surface area contributed by atoms with Crippen molar-refractivity contribution in [2.75, 3.05) is 6.54 Å². The van der Waals surface area contributed by atoms with E-state index in [4.69, 9.17) is 0 Å². The summed E-state index contributed by atoms with van der Waals surface area (Å²) in [7, 11) is 0. The average Bonchev–Trinajstić information content (AvgIpc) is 2.40. The van der Waals surface area contributed by atoms with Gasteiger partial charge >= 0.3 is 0 Å². The maximum Gasteiger partial charge on any atom is 0.251 e. The minimum absolute atomic E-state index is 0.0915. The van der Waals surface area contributed by atoms with Crippen LogP contribution in [0.25, 0.3) is 0 Å². The van der Waals surface area contributed by atoms with Gasteiger partial charge in [0.05, 0.1) is 9.67 Å². The Morgan fingerprint density at radius 2 is 2.00 bits per heavy atom. The summed E-state index contributed by atoms with van der Waals surface area (Å²) in [5, 5.41) is 22.2. The van der Waals surface area contributed by atoms with Crippen LogP contribution in [-0.4, -0.2) is 28.8 Å². The molecule has 0 aliphatic heterocycles. The smallest absolute Gasteiger partial charge is 0.251 e. The van der Waals surface area contributed by atoms with Crippen LogP contribution in [-0.2, 0) is 0 Å². The fraction of sp³-hybridized carbons (Fsp3) is 0.500. The van der Waals surface area contributed by atoms with E-state index < -0.39 is 6.10 Å². The molecule has 1 atom stereocenters. The first-order valence-corrected chi connectivity index (χ1v) is 7.52. The summed E-state index contributed by atoms with van der Waals surface area (Å²) in [4.78, 5) is 11.9. The predicted molar refractivity (Wildman–Crippen MR) is 83.2 cm³/mol. The molecule has 3 N–H and O–H groups in total. The first-order chi connectivity index (χ1) is 8.99. The van der Waals surface area contributed by atoms with Gasteiger partial charge in [-0.05, 0) is 46.7 Å². The normalized spacial score (nSPS) is 12.5. The monoisotopic (exact) mass is 377 g/mol. The lowest BCUT2D eigenvalue weighted by molar-refractivity contribution is 0.0816. The third kappa shape index (κ3) is 4.65. The quantitative estimate of drug-likeness (QED) is 0.668. The molecular weight excluding hydrogens is 357 g/mol. The number of rotatable bonds is 6. The highest BCUT2D eigenvalue weighted by molar-refractivity contribution is 14.1. The number of hydrogen-bond donors (Lipinski definition) is 3. The maximum absolute atomic E-state index is 11.9. The number of aliphatic hydroxyl groups is 1. The molecule has 1 unspecified atom stereocenters. The molecular formula is C14H20INO3. The average molecular weight is 377 g/mol. The van der Waals surface area contributed by atoms with Crippen LogP contribution < -0.4 is 5.32 Å². The fourth-order valence-electron chi connectivity index (χ4n) is 1.95. The van der Waals surface area contributed by atoms with E-state index in [-0.39, 0.29) is 24.1 Å². The number of carbonyl (C=O) groups excluding carboxylic acids is 1. The molecule has 0 aliphatic rings. The van der Waals surface area contributed by atoms with Crippen LogP contribution in [0.4, 0.5) is 0 Å². The minimum atomic E-state index is -0.531. The van der Waals surface area contributed by atoms with Crippen LogP contribution in [0.3, 0.4) is 0 Å². The van der Waals surface area contributed by atoms with E-state index in [1.807, 2.05) is 36.4 Å². The van der Waals surface area contributed by atoms with Gasteiger partial charge in [-0.25, -0.2) is 0 Å².